The first-order chi connectivity index (χ1) is 8.69. The number of nitrogen functional groups attached to an aromatic ring is 1. The maximum atomic E-state index is 5.88. The fourth-order valence-corrected chi connectivity index (χ4v) is 1.89. The first kappa shape index (κ1) is 13.0. The van der Waals surface area contributed by atoms with Gasteiger partial charge in [0.25, 0.3) is 0 Å². The molecule has 0 aliphatic rings. The highest BCUT2D eigenvalue weighted by Crippen LogP contribution is 2.26. The van der Waals surface area contributed by atoms with Gasteiger partial charge in [0, 0.05) is 9.64 Å². The van der Waals surface area contributed by atoms with E-state index in [9.17, 15) is 0 Å². The third-order valence-corrected chi connectivity index (χ3v) is 3.24. The first-order valence-corrected chi connectivity index (χ1v) is 6.57. The maximum Gasteiger partial charge on any atom is 0.142 e. The Morgan fingerprint density at radius 3 is 2.44 bits per heavy atom. The molecule has 0 aromatic heterocycles. The zero-order valence-corrected chi connectivity index (χ0v) is 12.2. The average Bonchev–Trinajstić information content (AvgIpc) is 2.39. The van der Waals surface area contributed by atoms with Crippen LogP contribution in [0.5, 0.6) is 11.5 Å². The van der Waals surface area contributed by atoms with Crippen LogP contribution in [0.4, 0.5) is 5.69 Å². The van der Waals surface area contributed by atoms with Gasteiger partial charge in [-0.2, -0.15) is 0 Å². The van der Waals surface area contributed by atoms with Crippen LogP contribution in [-0.2, 0) is 6.61 Å². The van der Waals surface area contributed by atoms with Crippen molar-refractivity contribution in [1.82, 2.24) is 0 Å². The number of halogens is 1. The van der Waals surface area contributed by atoms with Gasteiger partial charge < -0.3 is 15.2 Å². The lowest BCUT2D eigenvalue weighted by atomic mass is 10.2. The van der Waals surface area contributed by atoms with E-state index >= 15 is 0 Å². The molecule has 4 heteroatoms. The smallest absolute Gasteiger partial charge is 0.142 e. The fourth-order valence-electron chi connectivity index (χ4n) is 1.53. The second-order valence-corrected chi connectivity index (χ2v) is 5.06. The lowest BCUT2D eigenvalue weighted by Crippen LogP contribution is -1.99. The Morgan fingerprint density at radius 2 is 1.83 bits per heavy atom. The molecule has 0 amide bonds. The van der Waals surface area contributed by atoms with Gasteiger partial charge in [0.05, 0.1) is 12.8 Å². The van der Waals surface area contributed by atoms with E-state index in [4.69, 9.17) is 15.2 Å². The topological polar surface area (TPSA) is 44.5 Å². The summed E-state index contributed by atoms with van der Waals surface area (Å²) >= 11 is 2.27. The Morgan fingerprint density at radius 1 is 1.11 bits per heavy atom. The summed E-state index contributed by atoms with van der Waals surface area (Å²) in [6.07, 6.45) is 0. The SMILES string of the molecule is COc1ccc(OCc2ccc(I)cc2)c(N)c1. The predicted octanol–water partition coefficient (Wildman–Crippen LogP) is 3.46. The Labute approximate surface area is 120 Å². The summed E-state index contributed by atoms with van der Waals surface area (Å²) in [6.45, 7) is 0.507. The molecule has 3 nitrogen and oxygen atoms in total. The molecule has 0 saturated carbocycles. The standard InChI is InChI=1S/C14H14INO2/c1-17-12-6-7-14(13(16)8-12)18-9-10-2-4-11(15)5-3-10/h2-8H,9,16H2,1H3. The molecular weight excluding hydrogens is 341 g/mol. The van der Waals surface area contributed by atoms with Gasteiger partial charge >= 0.3 is 0 Å². The molecule has 0 aliphatic carbocycles. The monoisotopic (exact) mass is 355 g/mol. The zero-order valence-electron chi connectivity index (χ0n) is 10.0. The Bertz CT molecular complexity index is 526. The van der Waals surface area contributed by atoms with E-state index in [1.54, 1.807) is 13.2 Å². The molecule has 0 atom stereocenters. The van der Waals surface area contributed by atoms with Crippen molar-refractivity contribution in [2.75, 3.05) is 12.8 Å². The molecule has 0 heterocycles. The van der Waals surface area contributed by atoms with E-state index < -0.39 is 0 Å². The number of benzene rings is 2. The second kappa shape index (κ2) is 5.95. The highest BCUT2D eigenvalue weighted by atomic mass is 127. The second-order valence-electron chi connectivity index (χ2n) is 3.82. The molecule has 0 radical (unpaired) electrons. The molecule has 0 fully saturated rings. The van der Waals surface area contributed by atoms with Crippen molar-refractivity contribution in [3.05, 3.63) is 51.6 Å². The molecule has 0 saturated heterocycles. The zero-order chi connectivity index (χ0) is 13.0. The van der Waals surface area contributed by atoms with Crippen LogP contribution in [0.1, 0.15) is 5.56 Å². The van der Waals surface area contributed by atoms with Gasteiger partial charge in [0.2, 0.25) is 0 Å². The highest BCUT2D eigenvalue weighted by molar-refractivity contribution is 14.1. The van der Waals surface area contributed by atoms with Gasteiger partial charge in [-0.25, -0.2) is 0 Å². The number of methoxy groups -OCH3 is 1. The van der Waals surface area contributed by atoms with E-state index in [1.165, 1.54) is 3.57 Å². The summed E-state index contributed by atoms with van der Waals surface area (Å²) in [5.74, 6) is 1.41. The number of ether oxygens (including phenoxy) is 2. The summed E-state index contributed by atoms with van der Waals surface area (Å²) in [4.78, 5) is 0. The van der Waals surface area contributed by atoms with Crippen LogP contribution in [0.25, 0.3) is 0 Å². The third-order valence-electron chi connectivity index (χ3n) is 2.52. The summed E-state index contributed by atoms with van der Waals surface area (Å²) < 4.78 is 12.0. The van der Waals surface area contributed by atoms with Crippen molar-refractivity contribution in [3.8, 4) is 11.5 Å². The van der Waals surface area contributed by atoms with E-state index in [1.807, 2.05) is 24.3 Å². The number of hydrogen-bond acceptors (Lipinski definition) is 3. The van der Waals surface area contributed by atoms with Crippen molar-refractivity contribution in [3.63, 3.8) is 0 Å². The normalized spacial score (nSPS) is 10.1. The summed E-state index contributed by atoms with van der Waals surface area (Å²) in [5, 5.41) is 0. The van der Waals surface area contributed by atoms with Gasteiger partial charge in [0.15, 0.2) is 0 Å². The van der Waals surface area contributed by atoms with Gasteiger partial charge in [-0.1, -0.05) is 12.1 Å². The van der Waals surface area contributed by atoms with Crippen LogP contribution in [0.15, 0.2) is 42.5 Å². The van der Waals surface area contributed by atoms with E-state index in [0.717, 1.165) is 11.3 Å². The Balaban J connectivity index is 2.04. The molecule has 94 valence electrons. The van der Waals surface area contributed by atoms with Crippen molar-refractivity contribution >= 4 is 28.3 Å². The van der Waals surface area contributed by atoms with Crippen LogP contribution in [0, 0.1) is 3.57 Å². The van der Waals surface area contributed by atoms with Crippen LogP contribution < -0.4 is 15.2 Å². The number of anilines is 1. The van der Waals surface area contributed by atoms with Crippen molar-refractivity contribution in [2.24, 2.45) is 0 Å². The average molecular weight is 355 g/mol. The maximum absolute atomic E-state index is 5.88. The van der Waals surface area contributed by atoms with Crippen LogP contribution in [-0.4, -0.2) is 7.11 Å². The van der Waals surface area contributed by atoms with Gasteiger partial charge in [-0.05, 0) is 52.4 Å². The Kier molecular flexibility index (Phi) is 4.30. The third kappa shape index (κ3) is 3.29. The number of rotatable bonds is 4. The highest BCUT2D eigenvalue weighted by Gasteiger charge is 2.02. The van der Waals surface area contributed by atoms with Crippen molar-refractivity contribution in [1.29, 1.82) is 0 Å². The van der Waals surface area contributed by atoms with E-state index in [2.05, 4.69) is 34.7 Å². The summed E-state index contributed by atoms with van der Waals surface area (Å²) in [5.41, 5.74) is 7.58. The molecule has 18 heavy (non-hydrogen) atoms. The predicted molar refractivity (Wildman–Crippen MR) is 80.9 cm³/mol. The van der Waals surface area contributed by atoms with Gasteiger partial charge in [-0.15, -0.1) is 0 Å². The first-order valence-electron chi connectivity index (χ1n) is 5.50. The minimum Gasteiger partial charge on any atom is -0.497 e. The molecule has 0 bridgehead atoms. The lowest BCUT2D eigenvalue weighted by molar-refractivity contribution is 0.307. The van der Waals surface area contributed by atoms with E-state index in [0.29, 0.717) is 18.0 Å². The Hall–Kier alpha value is -1.43. The fraction of sp³-hybridized carbons (Fsp3) is 0.143. The molecule has 2 N–H and O–H groups in total. The summed E-state index contributed by atoms with van der Waals surface area (Å²) in [7, 11) is 1.61. The molecular formula is C14H14INO2. The molecule has 2 aromatic carbocycles. The van der Waals surface area contributed by atoms with Crippen LogP contribution in [0.3, 0.4) is 0 Å². The van der Waals surface area contributed by atoms with Gasteiger partial charge in [0.1, 0.15) is 18.1 Å². The number of hydrogen-bond donors (Lipinski definition) is 1. The van der Waals surface area contributed by atoms with Crippen molar-refractivity contribution in [2.45, 2.75) is 6.61 Å². The minimum absolute atomic E-state index is 0.507. The van der Waals surface area contributed by atoms with Crippen LogP contribution in [0.2, 0.25) is 0 Å². The molecule has 0 unspecified atom stereocenters. The van der Waals surface area contributed by atoms with Gasteiger partial charge in [-0.3, -0.25) is 0 Å². The van der Waals surface area contributed by atoms with Crippen molar-refractivity contribution < 1.29 is 9.47 Å². The molecule has 2 aromatic rings. The van der Waals surface area contributed by atoms with E-state index in [-0.39, 0.29) is 0 Å². The molecule has 0 spiro atoms. The molecule has 0 aliphatic heterocycles. The lowest BCUT2D eigenvalue weighted by Gasteiger charge is -2.10. The quantitative estimate of drug-likeness (QED) is 0.675. The largest absolute Gasteiger partial charge is 0.497 e. The summed E-state index contributed by atoms with van der Waals surface area (Å²) in [6, 6.07) is 13.6. The minimum atomic E-state index is 0.507. The van der Waals surface area contributed by atoms with Crippen LogP contribution >= 0.6 is 22.6 Å². The molecule has 2 rings (SSSR count). The number of nitrogens with two attached hydrogens (primary N) is 1.